The zero-order valence-corrected chi connectivity index (χ0v) is 14.1. The van der Waals surface area contributed by atoms with Crippen molar-refractivity contribution in [2.75, 3.05) is 10.6 Å². The molecule has 3 rings (SSSR count). The van der Waals surface area contributed by atoms with E-state index in [0.717, 1.165) is 5.56 Å². The smallest absolute Gasteiger partial charge is 0.353 e. The lowest BCUT2D eigenvalue weighted by molar-refractivity contribution is -0.383. The fourth-order valence-corrected chi connectivity index (χ4v) is 2.43. The van der Waals surface area contributed by atoms with Crippen molar-refractivity contribution in [1.82, 2.24) is 9.97 Å². The normalized spacial score (nSPS) is 10.4. The van der Waals surface area contributed by atoms with E-state index in [1.807, 2.05) is 0 Å². The first-order valence-electron chi connectivity index (χ1n) is 7.54. The lowest BCUT2D eigenvalue weighted by Crippen LogP contribution is -2.08. The van der Waals surface area contributed by atoms with Gasteiger partial charge in [0.2, 0.25) is 11.6 Å². The summed E-state index contributed by atoms with van der Waals surface area (Å²) in [6.07, 6.45) is 1.21. The molecule has 0 radical (unpaired) electrons. The van der Waals surface area contributed by atoms with Crippen molar-refractivity contribution in [1.29, 1.82) is 0 Å². The van der Waals surface area contributed by atoms with E-state index in [0.29, 0.717) is 10.7 Å². The average molecular weight is 374 g/mol. The molecule has 0 saturated heterocycles. The van der Waals surface area contributed by atoms with Gasteiger partial charge in [0.15, 0.2) is 0 Å². The van der Waals surface area contributed by atoms with E-state index >= 15 is 0 Å². The van der Waals surface area contributed by atoms with Crippen LogP contribution in [0.1, 0.15) is 5.56 Å². The van der Waals surface area contributed by atoms with E-state index in [-0.39, 0.29) is 29.7 Å². The molecule has 0 aliphatic rings. The van der Waals surface area contributed by atoms with Gasteiger partial charge in [0.25, 0.3) is 0 Å². The maximum absolute atomic E-state index is 13.0. The fraction of sp³-hybridized carbons (Fsp3) is 0.0588. The molecule has 0 aliphatic carbocycles. The SMILES string of the molecule is O=[N+]([O-])c1c(NCc2ccc(F)cc2)ncnc1Nc1ccccc1Cl. The van der Waals surface area contributed by atoms with E-state index in [4.69, 9.17) is 11.6 Å². The Morgan fingerprint density at radius 3 is 2.46 bits per heavy atom. The highest BCUT2D eigenvalue weighted by Crippen LogP contribution is 2.33. The van der Waals surface area contributed by atoms with E-state index in [9.17, 15) is 14.5 Å². The molecule has 7 nitrogen and oxygen atoms in total. The summed E-state index contributed by atoms with van der Waals surface area (Å²) in [5, 5.41) is 17.7. The van der Waals surface area contributed by atoms with Crippen LogP contribution in [0.2, 0.25) is 5.02 Å². The molecule has 0 saturated carbocycles. The van der Waals surface area contributed by atoms with Crippen molar-refractivity contribution >= 4 is 34.6 Å². The molecule has 1 aromatic heterocycles. The average Bonchev–Trinajstić information content (AvgIpc) is 2.63. The maximum atomic E-state index is 13.0. The Hall–Kier alpha value is -3.26. The Kier molecular flexibility index (Phi) is 5.23. The van der Waals surface area contributed by atoms with Gasteiger partial charge in [-0.25, -0.2) is 14.4 Å². The first kappa shape index (κ1) is 17.6. The number of nitrogens with zero attached hydrogens (tertiary/aromatic N) is 3. The summed E-state index contributed by atoms with van der Waals surface area (Å²) in [6.45, 7) is 0.240. The van der Waals surface area contributed by atoms with Crippen molar-refractivity contribution in [2.24, 2.45) is 0 Å². The number of benzene rings is 2. The minimum atomic E-state index is -0.577. The summed E-state index contributed by atoms with van der Waals surface area (Å²) in [6, 6.07) is 12.6. The predicted molar refractivity (Wildman–Crippen MR) is 97.1 cm³/mol. The predicted octanol–water partition coefficient (Wildman–Crippen LogP) is 4.53. The molecular formula is C17H13ClFN5O2. The van der Waals surface area contributed by atoms with Gasteiger partial charge in [0.1, 0.15) is 12.1 Å². The minimum absolute atomic E-state index is 0.0136. The Morgan fingerprint density at radius 1 is 1.08 bits per heavy atom. The molecule has 26 heavy (non-hydrogen) atoms. The van der Waals surface area contributed by atoms with Gasteiger partial charge in [-0.05, 0) is 29.8 Å². The standard InChI is InChI=1S/C17H13ClFN5O2/c18-13-3-1-2-4-14(13)23-17-15(24(25)26)16(21-10-22-17)20-9-11-5-7-12(19)8-6-11/h1-8,10H,9H2,(H2,20,21,22,23). The molecule has 2 aromatic carbocycles. The highest BCUT2D eigenvalue weighted by atomic mass is 35.5. The van der Waals surface area contributed by atoms with E-state index in [2.05, 4.69) is 20.6 Å². The molecule has 0 atom stereocenters. The Morgan fingerprint density at radius 2 is 1.77 bits per heavy atom. The monoisotopic (exact) mass is 373 g/mol. The van der Waals surface area contributed by atoms with Gasteiger partial charge in [-0.1, -0.05) is 35.9 Å². The van der Waals surface area contributed by atoms with Crippen molar-refractivity contribution in [3.05, 3.63) is 81.4 Å². The third-order valence-electron chi connectivity index (χ3n) is 3.50. The van der Waals surface area contributed by atoms with Gasteiger partial charge in [-0.2, -0.15) is 0 Å². The fourth-order valence-electron chi connectivity index (χ4n) is 2.25. The molecule has 0 amide bonds. The Bertz CT molecular complexity index is 937. The molecule has 9 heteroatoms. The molecule has 2 N–H and O–H groups in total. The third-order valence-corrected chi connectivity index (χ3v) is 3.83. The zero-order chi connectivity index (χ0) is 18.5. The van der Waals surface area contributed by atoms with Gasteiger partial charge < -0.3 is 10.6 Å². The second-order valence-electron chi connectivity index (χ2n) is 5.26. The van der Waals surface area contributed by atoms with Crippen LogP contribution < -0.4 is 10.6 Å². The highest BCUT2D eigenvalue weighted by Gasteiger charge is 2.23. The number of rotatable bonds is 6. The van der Waals surface area contributed by atoms with Crippen LogP contribution in [-0.4, -0.2) is 14.9 Å². The van der Waals surface area contributed by atoms with Crippen molar-refractivity contribution in [3.8, 4) is 0 Å². The number of nitrogens with one attached hydrogen (secondary N) is 2. The Balaban J connectivity index is 1.87. The molecular weight excluding hydrogens is 361 g/mol. The number of nitro groups is 1. The number of aromatic nitrogens is 2. The van der Waals surface area contributed by atoms with Crippen molar-refractivity contribution < 1.29 is 9.31 Å². The topological polar surface area (TPSA) is 93.0 Å². The minimum Gasteiger partial charge on any atom is -0.360 e. The quantitative estimate of drug-likeness (QED) is 0.487. The molecule has 1 heterocycles. The molecule has 0 unspecified atom stereocenters. The van der Waals surface area contributed by atoms with Crippen LogP contribution in [0, 0.1) is 15.9 Å². The second-order valence-corrected chi connectivity index (χ2v) is 5.67. The lowest BCUT2D eigenvalue weighted by Gasteiger charge is -2.11. The third kappa shape index (κ3) is 4.04. The van der Waals surface area contributed by atoms with Gasteiger partial charge in [-0.15, -0.1) is 0 Å². The van der Waals surface area contributed by atoms with Gasteiger partial charge in [0, 0.05) is 6.54 Å². The zero-order valence-electron chi connectivity index (χ0n) is 13.3. The van der Waals surface area contributed by atoms with Crippen LogP contribution in [0.25, 0.3) is 0 Å². The maximum Gasteiger partial charge on any atom is 0.353 e. The number of para-hydroxylation sites is 1. The number of halogens is 2. The Labute approximate surface area is 153 Å². The molecule has 0 aliphatic heterocycles. The van der Waals surface area contributed by atoms with Gasteiger partial charge in [0.05, 0.1) is 15.6 Å². The molecule has 3 aromatic rings. The molecule has 132 valence electrons. The summed E-state index contributed by atoms with van der Waals surface area (Å²) < 4.78 is 13.0. The van der Waals surface area contributed by atoms with E-state index < -0.39 is 4.92 Å². The van der Waals surface area contributed by atoms with E-state index in [1.165, 1.54) is 18.5 Å². The summed E-state index contributed by atoms with van der Waals surface area (Å²) in [7, 11) is 0. The van der Waals surface area contributed by atoms with Crippen molar-refractivity contribution in [2.45, 2.75) is 6.54 Å². The van der Waals surface area contributed by atoms with Crippen LogP contribution >= 0.6 is 11.6 Å². The first-order valence-corrected chi connectivity index (χ1v) is 7.91. The largest absolute Gasteiger partial charge is 0.360 e. The molecule has 0 bridgehead atoms. The van der Waals surface area contributed by atoms with Gasteiger partial charge >= 0.3 is 5.69 Å². The molecule has 0 fully saturated rings. The number of hydrogen-bond acceptors (Lipinski definition) is 6. The van der Waals surface area contributed by atoms with Crippen LogP contribution in [0.15, 0.2) is 54.9 Å². The van der Waals surface area contributed by atoms with Crippen molar-refractivity contribution in [3.63, 3.8) is 0 Å². The second kappa shape index (κ2) is 7.75. The highest BCUT2D eigenvalue weighted by molar-refractivity contribution is 6.33. The summed E-state index contributed by atoms with van der Waals surface area (Å²) in [5.41, 5.74) is 0.926. The summed E-state index contributed by atoms with van der Waals surface area (Å²) in [4.78, 5) is 18.9. The van der Waals surface area contributed by atoms with Crippen LogP contribution in [0.5, 0.6) is 0 Å². The van der Waals surface area contributed by atoms with Crippen LogP contribution in [-0.2, 0) is 6.54 Å². The summed E-state index contributed by atoms with van der Waals surface area (Å²) >= 11 is 6.08. The van der Waals surface area contributed by atoms with Gasteiger partial charge in [-0.3, -0.25) is 10.1 Å². The number of anilines is 3. The number of hydrogen-bond donors (Lipinski definition) is 2. The summed E-state index contributed by atoms with van der Waals surface area (Å²) in [5.74, 6) is -0.295. The first-order chi connectivity index (χ1) is 12.5. The van der Waals surface area contributed by atoms with E-state index in [1.54, 1.807) is 36.4 Å². The molecule has 0 spiro atoms. The van der Waals surface area contributed by atoms with Crippen LogP contribution in [0.4, 0.5) is 27.4 Å². The van der Waals surface area contributed by atoms with Crippen LogP contribution in [0.3, 0.4) is 0 Å². The lowest BCUT2D eigenvalue weighted by atomic mass is 10.2.